The van der Waals surface area contributed by atoms with E-state index in [0.29, 0.717) is 11.6 Å². The van der Waals surface area contributed by atoms with Crippen LogP contribution >= 0.6 is 0 Å². The number of ether oxygens (including phenoxy) is 1. The largest absolute Gasteiger partial charge is 0.467 e. The van der Waals surface area contributed by atoms with Crippen LogP contribution in [0.3, 0.4) is 0 Å². The fourth-order valence-corrected chi connectivity index (χ4v) is 1.48. The maximum Gasteiger partial charge on any atom is 0.314 e. The van der Waals surface area contributed by atoms with Crippen molar-refractivity contribution in [3.05, 3.63) is 34.4 Å². The number of nitro benzene ring substituents is 1. The third kappa shape index (κ3) is 1.94. The quantitative estimate of drug-likeness (QED) is 0.592. The number of nitrogens with zero attached hydrogens (tertiary/aromatic N) is 4. The van der Waals surface area contributed by atoms with Crippen LogP contribution in [0, 0.1) is 10.1 Å². The minimum atomic E-state index is -0.460. The third-order valence-electron chi connectivity index (χ3n) is 2.25. The number of hydrogen-bond acceptors (Lipinski definition) is 5. The predicted molar refractivity (Wildman–Crippen MR) is 59.6 cm³/mol. The lowest BCUT2D eigenvalue weighted by molar-refractivity contribution is -0.384. The highest BCUT2D eigenvalue weighted by atomic mass is 16.6. The van der Waals surface area contributed by atoms with Crippen LogP contribution in [0.4, 0.5) is 5.69 Å². The van der Waals surface area contributed by atoms with Gasteiger partial charge in [0, 0.05) is 13.1 Å². The van der Waals surface area contributed by atoms with E-state index in [4.69, 9.17) is 4.74 Å². The Hall–Kier alpha value is -2.44. The third-order valence-corrected chi connectivity index (χ3v) is 2.25. The summed E-state index contributed by atoms with van der Waals surface area (Å²) in [7, 11) is 3.12. The molecule has 0 aliphatic carbocycles. The summed E-state index contributed by atoms with van der Waals surface area (Å²) in [5, 5.41) is 14.9. The zero-order valence-electron chi connectivity index (χ0n) is 9.32. The van der Waals surface area contributed by atoms with E-state index in [2.05, 4.69) is 10.1 Å². The van der Waals surface area contributed by atoms with Gasteiger partial charge in [-0.3, -0.25) is 10.1 Å². The molecule has 0 aliphatic heterocycles. The summed E-state index contributed by atoms with van der Waals surface area (Å²) < 4.78 is 6.39. The van der Waals surface area contributed by atoms with Gasteiger partial charge in [-0.1, -0.05) is 12.1 Å². The molecule has 0 fully saturated rings. The van der Waals surface area contributed by atoms with Crippen LogP contribution < -0.4 is 4.74 Å². The molecule has 1 heterocycles. The monoisotopic (exact) mass is 234 g/mol. The first-order valence-electron chi connectivity index (χ1n) is 4.82. The molecular weight excluding hydrogens is 224 g/mol. The van der Waals surface area contributed by atoms with Gasteiger partial charge < -0.3 is 4.74 Å². The van der Waals surface area contributed by atoms with Gasteiger partial charge in [-0.15, -0.1) is 5.10 Å². The van der Waals surface area contributed by atoms with Gasteiger partial charge in [-0.2, -0.15) is 4.98 Å². The number of benzene rings is 1. The van der Waals surface area contributed by atoms with Crippen molar-refractivity contribution < 1.29 is 9.66 Å². The second kappa shape index (κ2) is 4.20. The second-order valence-corrected chi connectivity index (χ2v) is 3.32. The SMILES string of the molecule is COc1nc(-c2ccccc2[N+](=O)[O-])nn1C. The molecule has 1 aromatic carbocycles. The zero-order valence-corrected chi connectivity index (χ0v) is 9.32. The highest BCUT2D eigenvalue weighted by molar-refractivity contribution is 5.67. The molecular formula is C10H10N4O3. The van der Waals surface area contributed by atoms with E-state index in [9.17, 15) is 10.1 Å². The number of aryl methyl sites for hydroxylation is 1. The van der Waals surface area contributed by atoms with Gasteiger partial charge in [0.25, 0.3) is 5.69 Å². The Bertz CT molecular complexity index is 564. The van der Waals surface area contributed by atoms with Crippen molar-refractivity contribution >= 4 is 5.69 Å². The summed E-state index contributed by atoms with van der Waals surface area (Å²) in [6.45, 7) is 0. The topological polar surface area (TPSA) is 83.1 Å². The number of hydrogen-bond donors (Lipinski definition) is 0. The van der Waals surface area contributed by atoms with Gasteiger partial charge >= 0.3 is 6.01 Å². The van der Waals surface area contributed by atoms with E-state index in [-0.39, 0.29) is 11.5 Å². The molecule has 2 aromatic rings. The molecule has 1 aromatic heterocycles. The lowest BCUT2D eigenvalue weighted by Gasteiger charge is -1.96. The first-order chi connectivity index (χ1) is 8.13. The Kier molecular flexibility index (Phi) is 2.73. The van der Waals surface area contributed by atoms with Crippen molar-refractivity contribution in [3.8, 4) is 17.4 Å². The summed E-state index contributed by atoms with van der Waals surface area (Å²) in [6, 6.07) is 6.62. The molecule has 0 spiro atoms. The van der Waals surface area contributed by atoms with Gasteiger partial charge in [-0.05, 0) is 6.07 Å². The molecule has 0 bridgehead atoms. The molecule has 0 radical (unpaired) electrons. The van der Waals surface area contributed by atoms with Gasteiger partial charge in [-0.25, -0.2) is 4.68 Å². The minimum absolute atomic E-state index is 0.0271. The van der Waals surface area contributed by atoms with Crippen molar-refractivity contribution in [2.75, 3.05) is 7.11 Å². The Morgan fingerprint density at radius 3 is 2.71 bits per heavy atom. The van der Waals surface area contributed by atoms with Crippen LogP contribution in [0.15, 0.2) is 24.3 Å². The standard InChI is InChI=1S/C10H10N4O3/c1-13-10(17-2)11-9(12-13)7-5-3-4-6-8(7)14(15)16/h3-6H,1-2H3. The molecule has 17 heavy (non-hydrogen) atoms. The molecule has 0 amide bonds. The van der Waals surface area contributed by atoms with E-state index in [1.54, 1.807) is 25.2 Å². The first kappa shape index (κ1) is 11.1. The minimum Gasteiger partial charge on any atom is -0.467 e. The Morgan fingerprint density at radius 2 is 2.12 bits per heavy atom. The Morgan fingerprint density at radius 1 is 1.41 bits per heavy atom. The molecule has 7 heteroatoms. The lowest BCUT2D eigenvalue weighted by Crippen LogP contribution is -1.95. The molecule has 0 saturated carbocycles. The molecule has 0 N–H and O–H groups in total. The van der Waals surface area contributed by atoms with Crippen LogP contribution in [0.5, 0.6) is 6.01 Å². The molecule has 0 aliphatic rings. The van der Waals surface area contributed by atoms with Crippen LogP contribution in [0.1, 0.15) is 0 Å². The van der Waals surface area contributed by atoms with Crippen LogP contribution in [-0.4, -0.2) is 26.8 Å². The van der Waals surface area contributed by atoms with E-state index in [0.717, 1.165) is 0 Å². The Labute approximate surface area is 96.8 Å². The summed E-state index contributed by atoms with van der Waals surface area (Å²) in [4.78, 5) is 14.5. The Balaban J connectivity index is 2.56. The number of aromatic nitrogens is 3. The van der Waals surface area contributed by atoms with E-state index >= 15 is 0 Å². The van der Waals surface area contributed by atoms with E-state index in [1.165, 1.54) is 17.9 Å². The fraction of sp³-hybridized carbons (Fsp3) is 0.200. The average molecular weight is 234 g/mol. The zero-order chi connectivity index (χ0) is 12.4. The van der Waals surface area contributed by atoms with E-state index < -0.39 is 4.92 Å². The summed E-state index contributed by atoms with van der Waals surface area (Å²) in [5.74, 6) is 0.275. The molecule has 0 saturated heterocycles. The molecule has 0 atom stereocenters. The molecule has 88 valence electrons. The summed E-state index contributed by atoms with van der Waals surface area (Å²) in [6.07, 6.45) is 0. The van der Waals surface area contributed by atoms with Gasteiger partial charge in [0.15, 0.2) is 5.82 Å². The normalized spacial score (nSPS) is 10.2. The number of para-hydroxylation sites is 1. The predicted octanol–water partition coefficient (Wildman–Crippen LogP) is 1.40. The molecule has 0 unspecified atom stereocenters. The summed E-state index contributed by atoms with van der Waals surface area (Å²) >= 11 is 0. The van der Waals surface area contributed by atoms with Crippen molar-refractivity contribution in [3.63, 3.8) is 0 Å². The van der Waals surface area contributed by atoms with E-state index in [1.807, 2.05) is 0 Å². The van der Waals surface area contributed by atoms with Crippen LogP contribution in [0.25, 0.3) is 11.4 Å². The highest BCUT2D eigenvalue weighted by Crippen LogP contribution is 2.27. The van der Waals surface area contributed by atoms with Crippen LogP contribution in [-0.2, 0) is 7.05 Å². The number of rotatable bonds is 3. The van der Waals surface area contributed by atoms with Crippen molar-refractivity contribution in [2.24, 2.45) is 7.05 Å². The number of nitro groups is 1. The van der Waals surface area contributed by atoms with Gasteiger partial charge in [0.2, 0.25) is 0 Å². The highest BCUT2D eigenvalue weighted by Gasteiger charge is 2.19. The second-order valence-electron chi connectivity index (χ2n) is 3.32. The average Bonchev–Trinajstić information content (AvgIpc) is 2.70. The van der Waals surface area contributed by atoms with Gasteiger partial charge in [0.05, 0.1) is 17.6 Å². The van der Waals surface area contributed by atoms with Crippen molar-refractivity contribution in [1.82, 2.24) is 14.8 Å². The maximum absolute atomic E-state index is 10.9. The first-order valence-corrected chi connectivity index (χ1v) is 4.82. The van der Waals surface area contributed by atoms with Crippen LogP contribution in [0.2, 0.25) is 0 Å². The summed E-state index contributed by atoms with van der Waals surface area (Å²) in [5.41, 5.74) is 0.345. The molecule has 2 rings (SSSR count). The number of methoxy groups -OCH3 is 1. The van der Waals surface area contributed by atoms with Gasteiger partial charge in [0.1, 0.15) is 0 Å². The van der Waals surface area contributed by atoms with Crippen molar-refractivity contribution in [1.29, 1.82) is 0 Å². The van der Waals surface area contributed by atoms with Crippen molar-refractivity contribution in [2.45, 2.75) is 0 Å². The smallest absolute Gasteiger partial charge is 0.314 e. The maximum atomic E-state index is 10.9. The lowest BCUT2D eigenvalue weighted by atomic mass is 10.2. The molecule has 7 nitrogen and oxygen atoms in total. The fourth-order valence-electron chi connectivity index (χ4n) is 1.48.